The average Bonchev–Trinajstić information content (AvgIpc) is 3.19. The zero-order valence-electron chi connectivity index (χ0n) is 16.5. The molecule has 0 fully saturated rings. The fourth-order valence-electron chi connectivity index (χ4n) is 3.04. The molecular weight excluding hydrogens is 390 g/mol. The Hall–Kier alpha value is -3.88. The Kier molecular flexibility index (Phi) is 6.31. The Balaban J connectivity index is 1.92. The van der Waals surface area contributed by atoms with Gasteiger partial charge in [-0.25, -0.2) is 4.79 Å². The topological polar surface area (TPSA) is 130 Å². The highest BCUT2D eigenvalue weighted by atomic mass is 16.5. The normalized spacial score (nSPS) is 11.1. The quantitative estimate of drug-likeness (QED) is 0.402. The zero-order valence-corrected chi connectivity index (χ0v) is 16.5. The number of rotatable bonds is 7. The van der Waals surface area contributed by atoms with E-state index in [0.29, 0.717) is 21.9 Å². The van der Waals surface area contributed by atoms with Gasteiger partial charge in [0.25, 0.3) is 5.56 Å². The van der Waals surface area contributed by atoms with Crippen molar-refractivity contribution in [1.82, 2.24) is 15.3 Å². The number of nitrogens with one attached hydrogen (secondary N) is 3. The highest BCUT2D eigenvalue weighted by molar-refractivity contribution is 6.15. The first-order valence-corrected chi connectivity index (χ1v) is 9.31. The minimum absolute atomic E-state index is 0.0848. The van der Waals surface area contributed by atoms with Crippen LogP contribution in [0.1, 0.15) is 29.3 Å². The van der Waals surface area contributed by atoms with Gasteiger partial charge in [-0.3, -0.25) is 14.4 Å². The van der Waals surface area contributed by atoms with Crippen LogP contribution in [-0.2, 0) is 19.1 Å². The molecule has 0 unspecified atom stereocenters. The van der Waals surface area contributed by atoms with Gasteiger partial charge in [-0.1, -0.05) is 6.07 Å². The van der Waals surface area contributed by atoms with Gasteiger partial charge in [0.2, 0.25) is 5.91 Å². The van der Waals surface area contributed by atoms with Gasteiger partial charge in [0.05, 0.1) is 25.7 Å². The number of aromatic amines is 2. The van der Waals surface area contributed by atoms with Gasteiger partial charge in [-0.2, -0.15) is 0 Å². The van der Waals surface area contributed by atoms with E-state index >= 15 is 0 Å². The monoisotopic (exact) mass is 411 g/mol. The molecule has 3 aromatic rings. The largest absolute Gasteiger partial charge is 0.469 e. The number of benzene rings is 1. The molecule has 156 valence electrons. The van der Waals surface area contributed by atoms with Gasteiger partial charge < -0.3 is 24.8 Å². The Labute approximate surface area is 171 Å². The van der Waals surface area contributed by atoms with E-state index in [4.69, 9.17) is 4.74 Å². The fourth-order valence-corrected chi connectivity index (χ4v) is 3.04. The van der Waals surface area contributed by atoms with Gasteiger partial charge in [-0.05, 0) is 30.7 Å². The number of amides is 1. The summed E-state index contributed by atoms with van der Waals surface area (Å²) in [5, 5.41) is 3.69. The Morgan fingerprint density at radius 3 is 2.77 bits per heavy atom. The van der Waals surface area contributed by atoms with Crippen molar-refractivity contribution in [2.45, 2.75) is 13.3 Å². The SMILES string of the molecule is CCOC(=O)c1c[nH]c2c(=O)[nH]c3ccc(C=CC(=O)NCCC(=O)OC)cc3c12. The van der Waals surface area contributed by atoms with Gasteiger partial charge in [-0.15, -0.1) is 0 Å². The number of H-pyrrole nitrogens is 2. The molecule has 0 atom stereocenters. The number of ether oxygens (including phenoxy) is 2. The second-order valence-electron chi connectivity index (χ2n) is 6.38. The first-order chi connectivity index (χ1) is 14.4. The lowest BCUT2D eigenvalue weighted by Crippen LogP contribution is -2.24. The number of hydrogen-bond acceptors (Lipinski definition) is 6. The van der Waals surface area contributed by atoms with Crippen LogP contribution in [0.3, 0.4) is 0 Å². The van der Waals surface area contributed by atoms with Gasteiger partial charge in [0, 0.05) is 35.1 Å². The van der Waals surface area contributed by atoms with E-state index in [2.05, 4.69) is 20.0 Å². The minimum atomic E-state index is -0.526. The molecule has 3 rings (SSSR count). The van der Waals surface area contributed by atoms with E-state index in [1.807, 2.05) is 0 Å². The van der Waals surface area contributed by atoms with E-state index < -0.39 is 11.9 Å². The summed E-state index contributed by atoms with van der Waals surface area (Å²) in [5.41, 5.74) is 1.44. The third-order valence-corrected chi connectivity index (χ3v) is 4.45. The summed E-state index contributed by atoms with van der Waals surface area (Å²) in [5.74, 6) is -1.29. The van der Waals surface area contributed by atoms with Crippen molar-refractivity contribution in [3.63, 3.8) is 0 Å². The third-order valence-electron chi connectivity index (χ3n) is 4.45. The van der Waals surface area contributed by atoms with E-state index in [0.717, 1.165) is 0 Å². The van der Waals surface area contributed by atoms with Crippen LogP contribution in [0.2, 0.25) is 0 Å². The molecule has 30 heavy (non-hydrogen) atoms. The molecule has 0 spiro atoms. The van der Waals surface area contributed by atoms with Crippen LogP contribution in [0.5, 0.6) is 0 Å². The van der Waals surface area contributed by atoms with Crippen molar-refractivity contribution >= 4 is 45.7 Å². The molecule has 2 heterocycles. The number of pyridine rings is 1. The second-order valence-corrected chi connectivity index (χ2v) is 6.38. The second kappa shape index (κ2) is 9.08. The maximum atomic E-state index is 12.3. The number of fused-ring (bicyclic) bond motifs is 3. The van der Waals surface area contributed by atoms with Crippen LogP contribution >= 0.6 is 0 Å². The van der Waals surface area contributed by atoms with Gasteiger partial charge in [0.15, 0.2) is 0 Å². The molecule has 0 aliphatic heterocycles. The number of aromatic nitrogens is 2. The number of carbonyl (C=O) groups is 3. The van der Waals surface area contributed by atoms with Crippen molar-refractivity contribution < 1.29 is 23.9 Å². The lowest BCUT2D eigenvalue weighted by Gasteiger charge is -2.05. The van der Waals surface area contributed by atoms with Crippen molar-refractivity contribution in [2.24, 2.45) is 0 Å². The van der Waals surface area contributed by atoms with Crippen molar-refractivity contribution in [3.8, 4) is 0 Å². The molecular formula is C21H21N3O6. The summed E-state index contributed by atoms with van der Waals surface area (Å²) in [6.45, 7) is 2.09. The molecule has 0 bridgehead atoms. The number of hydrogen-bond donors (Lipinski definition) is 3. The maximum absolute atomic E-state index is 12.3. The average molecular weight is 411 g/mol. The highest BCUT2D eigenvalue weighted by Gasteiger charge is 2.18. The van der Waals surface area contributed by atoms with Crippen LogP contribution in [0.15, 0.2) is 35.3 Å². The van der Waals surface area contributed by atoms with Crippen molar-refractivity contribution in [3.05, 3.63) is 52.0 Å². The molecule has 0 aliphatic rings. The lowest BCUT2D eigenvalue weighted by atomic mass is 10.0. The molecule has 1 amide bonds. The predicted molar refractivity (Wildman–Crippen MR) is 111 cm³/mol. The zero-order chi connectivity index (χ0) is 21.7. The standard InChI is InChI=1S/C21H21N3O6/c1-3-30-21(28)14-11-23-19-18(14)13-10-12(4-6-15(13)24-20(19)27)5-7-16(25)22-9-8-17(26)29-2/h4-7,10-11,23H,3,8-9H2,1-2H3,(H,22,25)(H,24,27). The molecule has 0 aliphatic carbocycles. The van der Waals surface area contributed by atoms with Crippen molar-refractivity contribution in [2.75, 3.05) is 20.3 Å². The maximum Gasteiger partial charge on any atom is 0.340 e. The third kappa shape index (κ3) is 4.40. The number of methoxy groups -OCH3 is 1. The van der Waals surface area contributed by atoms with Crippen LogP contribution in [-0.4, -0.2) is 48.1 Å². The summed E-state index contributed by atoms with van der Waals surface area (Å²) in [6.07, 6.45) is 4.47. The van der Waals surface area contributed by atoms with E-state index in [-0.39, 0.29) is 42.1 Å². The molecule has 2 aromatic heterocycles. The van der Waals surface area contributed by atoms with Gasteiger partial charge in [0.1, 0.15) is 5.52 Å². The fraction of sp³-hybridized carbons (Fsp3) is 0.238. The first kappa shape index (κ1) is 20.8. The molecule has 1 aromatic carbocycles. The molecule has 9 nitrogen and oxygen atoms in total. The van der Waals surface area contributed by atoms with Crippen LogP contribution < -0.4 is 10.9 Å². The summed E-state index contributed by atoms with van der Waals surface area (Å²) < 4.78 is 9.60. The molecule has 0 saturated carbocycles. The summed E-state index contributed by atoms with van der Waals surface area (Å²) in [4.78, 5) is 53.2. The Morgan fingerprint density at radius 1 is 1.23 bits per heavy atom. The highest BCUT2D eigenvalue weighted by Crippen LogP contribution is 2.26. The van der Waals surface area contributed by atoms with Crippen molar-refractivity contribution in [1.29, 1.82) is 0 Å². The summed E-state index contributed by atoms with van der Waals surface area (Å²) in [7, 11) is 1.28. The molecule has 3 N–H and O–H groups in total. The first-order valence-electron chi connectivity index (χ1n) is 9.31. The summed E-state index contributed by atoms with van der Waals surface area (Å²) in [6, 6.07) is 5.20. The lowest BCUT2D eigenvalue weighted by molar-refractivity contribution is -0.140. The smallest absolute Gasteiger partial charge is 0.340 e. The van der Waals surface area contributed by atoms with Gasteiger partial charge >= 0.3 is 11.9 Å². The minimum Gasteiger partial charge on any atom is -0.469 e. The predicted octanol–water partition coefficient (Wildman–Crippen LogP) is 1.88. The Morgan fingerprint density at radius 2 is 2.03 bits per heavy atom. The van der Waals surface area contributed by atoms with Crippen LogP contribution in [0.4, 0.5) is 0 Å². The molecule has 0 radical (unpaired) electrons. The van der Waals surface area contributed by atoms with Crippen LogP contribution in [0.25, 0.3) is 27.9 Å². The van der Waals surface area contributed by atoms with E-state index in [1.165, 1.54) is 19.4 Å². The molecule has 0 saturated heterocycles. The van der Waals surface area contributed by atoms with Crippen LogP contribution in [0, 0.1) is 0 Å². The summed E-state index contributed by atoms with van der Waals surface area (Å²) >= 11 is 0. The Bertz CT molecular complexity index is 1200. The number of esters is 2. The van der Waals surface area contributed by atoms with E-state index in [9.17, 15) is 19.2 Å². The molecule has 9 heteroatoms. The number of carbonyl (C=O) groups excluding carboxylic acids is 3. The van der Waals surface area contributed by atoms with E-state index in [1.54, 1.807) is 31.2 Å².